The van der Waals surface area contributed by atoms with Crippen molar-refractivity contribution in [2.45, 2.75) is 45.8 Å². The van der Waals surface area contributed by atoms with Gasteiger partial charge in [0.1, 0.15) is 0 Å². The Morgan fingerprint density at radius 3 is 2.08 bits per heavy atom. The van der Waals surface area contributed by atoms with E-state index in [-0.39, 0.29) is 5.04 Å². The second-order valence-electron chi connectivity index (χ2n) is 5.03. The van der Waals surface area contributed by atoms with Gasteiger partial charge in [0, 0.05) is 0 Å². The third kappa shape index (κ3) is 4.32. The molecule has 0 N–H and O–H groups in total. The molecule has 0 amide bonds. The zero-order valence-corrected chi connectivity index (χ0v) is 10.8. The lowest BCUT2D eigenvalue weighted by atomic mass is 10.2. The molecular formula is C11H22OSi. The molecule has 0 saturated carbocycles. The summed E-state index contributed by atoms with van der Waals surface area (Å²) in [5.41, 5.74) is 1.03. The van der Waals surface area contributed by atoms with Crippen LogP contribution in [-0.2, 0) is 4.43 Å². The zero-order valence-electron chi connectivity index (χ0n) is 9.77. The Kier molecular flexibility index (Phi) is 3.98. The average molecular weight is 198 g/mol. The van der Waals surface area contributed by atoms with Crippen LogP contribution in [0.3, 0.4) is 0 Å². The summed E-state index contributed by atoms with van der Waals surface area (Å²) in [4.78, 5) is 0. The van der Waals surface area contributed by atoms with Gasteiger partial charge in [-0.3, -0.25) is 0 Å². The van der Waals surface area contributed by atoms with Crippen molar-refractivity contribution in [3.05, 3.63) is 24.5 Å². The fraction of sp³-hybridized carbons (Fsp3) is 0.636. The van der Waals surface area contributed by atoms with Gasteiger partial charge in [-0.2, -0.15) is 0 Å². The highest BCUT2D eigenvalue weighted by Crippen LogP contribution is 2.36. The maximum Gasteiger partial charge on any atom is 0.249 e. The van der Waals surface area contributed by atoms with Gasteiger partial charge in [0.05, 0.1) is 6.26 Å². The molecule has 0 fully saturated rings. The summed E-state index contributed by atoms with van der Waals surface area (Å²) in [6.07, 6.45) is 3.71. The minimum Gasteiger partial charge on any atom is -0.549 e. The molecule has 0 radical (unpaired) electrons. The smallest absolute Gasteiger partial charge is 0.249 e. The van der Waals surface area contributed by atoms with Gasteiger partial charge in [0.2, 0.25) is 8.32 Å². The van der Waals surface area contributed by atoms with Crippen molar-refractivity contribution in [1.82, 2.24) is 0 Å². The first-order valence-corrected chi connectivity index (χ1v) is 7.57. The maximum absolute atomic E-state index is 5.80. The van der Waals surface area contributed by atoms with Crippen molar-refractivity contribution in [2.75, 3.05) is 0 Å². The number of hydrogen-bond acceptors (Lipinski definition) is 1. The van der Waals surface area contributed by atoms with Gasteiger partial charge in [-0.1, -0.05) is 32.9 Å². The third-order valence-corrected chi connectivity index (χ3v) is 6.86. The molecule has 0 aromatic rings. The van der Waals surface area contributed by atoms with E-state index in [0.29, 0.717) is 0 Å². The molecule has 0 atom stereocenters. The summed E-state index contributed by atoms with van der Waals surface area (Å²) in [6.45, 7) is 16.9. The lowest BCUT2D eigenvalue weighted by Gasteiger charge is -2.34. The van der Waals surface area contributed by atoms with Gasteiger partial charge >= 0.3 is 0 Å². The van der Waals surface area contributed by atoms with E-state index in [2.05, 4.69) is 40.4 Å². The van der Waals surface area contributed by atoms with Gasteiger partial charge in [-0.05, 0) is 31.1 Å². The van der Waals surface area contributed by atoms with E-state index < -0.39 is 8.32 Å². The lowest BCUT2D eigenvalue weighted by Crippen LogP contribution is -2.39. The van der Waals surface area contributed by atoms with Gasteiger partial charge in [0.15, 0.2) is 0 Å². The van der Waals surface area contributed by atoms with Gasteiger partial charge < -0.3 is 4.43 Å². The summed E-state index contributed by atoms with van der Waals surface area (Å²) < 4.78 is 5.80. The minimum absolute atomic E-state index is 0.270. The molecule has 0 aliphatic rings. The van der Waals surface area contributed by atoms with Crippen LogP contribution in [0, 0.1) is 0 Å². The Morgan fingerprint density at radius 2 is 1.77 bits per heavy atom. The molecule has 0 saturated heterocycles. The van der Waals surface area contributed by atoms with Gasteiger partial charge in [-0.25, -0.2) is 0 Å². The van der Waals surface area contributed by atoms with Crippen LogP contribution >= 0.6 is 0 Å². The zero-order chi connectivity index (χ0) is 10.7. The van der Waals surface area contributed by atoms with E-state index in [1.807, 2.05) is 13.0 Å². The van der Waals surface area contributed by atoms with Crippen molar-refractivity contribution in [3.63, 3.8) is 0 Å². The van der Waals surface area contributed by atoms with Crippen LogP contribution in [0.2, 0.25) is 18.1 Å². The van der Waals surface area contributed by atoms with E-state index >= 15 is 0 Å². The van der Waals surface area contributed by atoms with Crippen LogP contribution < -0.4 is 0 Å². The van der Waals surface area contributed by atoms with E-state index in [1.165, 1.54) is 0 Å². The molecular weight excluding hydrogens is 176 g/mol. The quantitative estimate of drug-likeness (QED) is 0.377. The summed E-state index contributed by atoms with van der Waals surface area (Å²) in [5, 5.41) is 0.270. The van der Waals surface area contributed by atoms with E-state index in [0.717, 1.165) is 5.57 Å². The van der Waals surface area contributed by atoms with E-state index in [4.69, 9.17) is 4.43 Å². The molecule has 2 heteroatoms. The van der Waals surface area contributed by atoms with Crippen LogP contribution in [0.15, 0.2) is 24.5 Å². The summed E-state index contributed by atoms with van der Waals surface area (Å²) >= 11 is 0. The van der Waals surface area contributed by atoms with E-state index in [1.54, 1.807) is 6.26 Å². The molecule has 13 heavy (non-hydrogen) atoms. The molecule has 0 bridgehead atoms. The topological polar surface area (TPSA) is 9.23 Å². The molecule has 0 heterocycles. The first-order chi connectivity index (χ1) is 5.67. The molecule has 1 nitrogen and oxygen atoms in total. The van der Waals surface area contributed by atoms with E-state index in [9.17, 15) is 0 Å². The molecule has 0 spiro atoms. The van der Waals surface area contributed by atoms with Crippen molar-refractivity contribution in [2.24, 2.45) is 0 Å². The standard InChI is InChI=1S/C11H22OSi/c1-10(2)8-9-12-13(6,7)11(3,4)5/h8-9H,1H2,2-7H3/b9-8+. The first kappa shape index (κ1) is 12.5. The van der Waals surface area contributed by atoms with Crippen LogP contribution in [0.1, 0.15) is 27.7 Å². The van der Waals surface area contributed by atoms with Gasteiger partial charge in [-0.15, -0.1) is 0 Å². The number of rotatable bonds is 3. The number of hydrogen-bond donors (Lipinski definition) is 0. The van der Waals surface area contributed by atoms with Crippen molar-refractivity contribution in [1.29, 1.82) is 0 Å². The highest BCUT2D eigenvalue weighted by molar-refractivity contribution is 6.74. The summed E-state index contributed by atoms with van der Waals surface area (Å²) in [5.74, 6) is 0. The molecule has 0 aromatic heterocycles. The Bertz CT molecular complexity index is 209. The average Bonchev–Trinajstić information content (AvgIpc) is 1.82. The van der Waals surface area contributed by atoms with Crippen LogP contribution in [0.25, 0.3) is 0 Å². The third-order valence-electron chi connectivity index (χ3n) is 2.52. The normalized spacial score (nSPS) is 13.4. The SMILES string of the molecule is C=C(C)/C=C/O[Si](C)(C)C(C)(C)C. The highest BCUT2D eigenvalue weighted by atomic mass is 28.4. The predicted octanol–water partition coefficient (Wildman–Crippen LogP) is 4.10. The summed E-state index contributed by atoms with van der Waals surface area (Å²) in [6, 6.07) is 0. The Labute approximate surface area is 83.6 Å². The minimum atomic E-state index is -1.60. The second kappa shape index (κ2) is 4.14. The van der Waals surface area contributed by atoms with Crippen molar-refractivity contribution in [3.8, 4) is 0 Å². The van der Waals surface area contributed by atoms with Crippen molar-refractivity contribution < 1.29 is 4.43 Å². The van der Waals surface area contributed by atoms with Crippen LogP contribution in [0.4, 0.5) is 0 Å². The first-order valence-electron chi connectivity index (χ1n) is 4.67. The Morgan fingerprint density at radius 1 is 1.31 bits per heavy atom. The molecule has 76 valence electrons. The highest BCUT2D eigenvalue weighted by Gasteiger charge is 2.37. The maximum atomic E-state index is 5.80. The van der Waals surface area contributed by atoms with Gasteiger partial charge in [0.25, 0.3) is 0 Å². The molecule has 0 unspecified atom stereocenters. The van der Waals surface area contributed by atoms with Crippen LogP contribution in [-0.4, -0.2) is 8.32 Å². The summed E-state index contributed by atoms with van der Waals surface area (Å²) in [7, 11) is -1.60. The fourth-order valence-electron chi connectivity index (χ4n) is 0.497. The lowest BCUT2D eigenvalue weighted by molar-refractivity contribution is 0.430. The van der Waals surface area contributed by atoms with Crippen LogP contribution in [0.5, 0.6) is 0 Å². The molecule has 0 aliphatic carbocycles. The predicted molar refractivity (Wildman–Crippen MR) is 62.2 cm³/mol. The fourth-order valence-corrected chi connectivity index (χ4v) is 1.26. The van der Waals surface area contributed by atoms with Crippen molar-refractivity contribution >= 4 is 8.32 Å². The molecule has 0 aliphatic heterocycles. The number of allylic oxidation sites excluding steroid dienone is 2. The Balaban J connectivity index is 4.27. The monoisotopic (exact) mass is 198 g/mol. The second-order valence-corrected chi connectivity index (χ2v) is 9.78. The molecule has 0 aromatic carbocycles. The molecule has 0 rings (SSSR count). The largest absolute Gasteiger partial charge is 0.549 e. The Hall–Kier alpha value is -0.503.